The number of amides is 2. The molecule has 0 spiro atoms. The fourth-order valence-corrected chi connectivity index (χ4v) is 5.73. The van der Waals surface area contributed by atoms with Crippen molar-refractivity contribution in [2.24, 2.45) is 0 Å². The van der Waals surface area contributed by atoms with Crippen molar-refractivity contribution in [3.8, 4) is 0 Å². The van der Waals surface area contributed by atoms with Gasteiger partial charge in [0.2, 0.25) is 21.8 Å². The van der Waals surface area contributed by atoms with Gasteiger partial charge in [-0.3, -0.25) is 9.59 Å². The molecule has 2 amide bonds. The van der Waals surface area contributed by atoms with Crippen molar-refractivity contribution in [2.45, 2.75) is 37.1 Å². The molecule has 0 fully saturated rings. The largest absolute Gasteiger partial charge is 0.350 e. The van der Waals surface area contributed by atoms with Crippen LogP contribution < -0.4 is 10.2 Å². The van der Waals surface area contributed by atoms with Crippen LogP contribution in [0.25, 0.3) is 0 Å². The van der Waals surface area contributed by atoms with E-state index in [-0.39, 0.29) is 29.0 Å². The Bertz CT molecular complexity index is 1060. The molecule has 1 aliphatic rings. The first-order valence-electron chi connectivity index (χ1n) is 10.2. The molecule has 0 atom stereocenters. The van der Waals surface area contributed by atoms with Crippen molar-refractivity contribution in [1.82, 2.24) is 9.62 Å². The minimum Gasteiger partial charge on any atom is -0.350 e. The van der Waals surface area contributed by atoms with Crippen LogP contribution in [0.2, 0.25) is 0 Å². The number of carbonyl (C=O) groups is 2. The molecule has 2 aromatic carbocycles. The van der Waals surface area contributed by atoms with Gasteiger partial charge in [0.1, 0.15) is 6.54 Å². The second-order valence-corrected chi connectivity index (χ2v) is 10.2. The number of benzene rings is 2. The van der Waals surface area contributed by atoms with Gasteiger partial charge in [-0.15, -0.1) is 11.8 Å². The summed E-state index contributed by atoms with van der Waals surface area (Å²) in [5, 5.41) is 2.83. The lowest BCUT2D eigenvalue weighted by Crippen LogP contribution is -2.43. The van der Waals surface area contributed by atoms with E-state index in [1.54, 1.807) is 26.0 Å². The number of nitrogens with one attached hydrogen (secondary N) is 1. The van der Waals surface area contributed by atoms with E-state index in [2.05, 4.69) is 5.32 Å². The number of anilines is 1. The van der Waals surface area contributed by atoms with Crippen LogP contribution in [0.15, 0.2) is 52.3 Å². The van der Waals surface area contributed by atoms with Crippen molar-refractivity contribution in [3.05, 3.63) is 53.6 Å². The Labute approximate surface area is 187 Å². The molecular formula is C22H27N3O4S2. The summed E-state index contributed by atoms with van der Waals surface area (Å²) in [6.45, 7) is 6.47. The molecule has 2 aromatic rings. The van der Waals surface area contributed by atoms with Gasteiger partial charge in [0.25, 0.3) is 0 Å². The smallest absolute Gasteiger partial charge is 0.243 e. The van der Waals surface area contributed by atoms with Crippen molar-refractivity contribution in [3.63, 3.8) is 0 Å². The summed E-state index contributed by atoms with van der Waals surface area (Å²) in [6, 6.07) is 12.6. The van der Waals surface area contributed by atoms with E-state index in [0.29, 0.717) is 25.3 Å². The maximum Gasteiger partial charge on any atom is 0.243 e. The van der Waals surface area contributed by atoms with Crippen LogP contribution in [0.5, 0.6) is 0 Å². The van der Waals surface area contributed by atoms with Gasteiger partial charge in [0, 0.05) is 24.5 Å². The Morgan fingerprint density at radius 2 is 1.81 bits per heavy atom. The van der Waals surface area contributed by atoms with Gasteiger partial charge in [-0.1, -0.05) is 43.7 Å². The van der Waals surface area contributed by atoms with Crippen molar-refractivity contribution >= 4 is 39.3 Å². The van der Waals surface area contributed by atoms with Gasteiger partial charge in [-0.25, -0.2) is 8.42 Å². The Hall–Kier alpha value is -2.36. The maximum absolute atomic E-state index is 12.9. The topological polar surface area (TPSA) is 86.8 Å². The Morgan fingerprint density at radius 1 is 1.13 bits per heavy atom. The Morgan fingerprint density at radius 3 is 2.45 bits per heavy atom. The van der Waals surface area contributed by atoms with Crippen LogP contribution in [-0.2, 0) is 26.2 Å². The molecule has 0 bridgehead atoms. The summed E-state index contributed by atoms with van der Waals surface area (Å²) in [5.74, 6) is -0.315. The molecule has 3 rings (SSSR count). The summed E-state index contributed by atoms with van der Waals surface area (Å²) in [6.07, 6.45) is 0. The van der Waals surface area contributed by atoms with E-state index in [1.165, 1.54) is 27.0 Å². The number of carbonyl (C=O) groups excluding carboxylic acids is 2. The molecule has 0 saturated carbocycles. The highest BCUT2D eigenvalue weighted by atomic mass is 32.2. The first-order valence-corrected chi connectivity index (χ1v) is 12.6. The third-order valence-corrected chi connectivity index (χ3v) is 8.22. The number of fused-ring (bicyclic) bond motifs is 1. The molecular weight excluding hydrogens is 434 g/mol. The van der Waals surface area contributed by atoms with E-state index in [0.717, 1.165) is 16.0 Å². The number of hydrogen-bond acceptors (Lipinski definition) is 5. The zero-order valence-electron chi connectivity index (χ0n) is 17.9. The van der Waals surface area contributed by atoms with Crippen LogP contribution in [-0.4, -0.2) is 49.9 Å². The molecule has 1 N–H and O–H groups in total. The quantitative estimate of drug-likeness (QED) is 0.653. The zero-order valence-corrected chi connectivity index (χ0v) is 19.6. The average molecular weight is 462 g/mol. The lowest BCUT2D eigenvalue weighted by atomic mass is 10.1. The monoisotopic (exact) mass is 461 g/mol. The number of hydrogen-bond donors (Lipinski definition) is 1. The Kier molecular flexibility index (Phi) is 7.40. The second-order valence-electron chi connectivity index (χ2n) is 7.25. The molecule has 9 heteroatoms. The van der Waals surface area contributed by atoms with Crippen molar-refractivity contribution in [2.75, 3.05) is 30.3 Å². The lowest BCUT2D eigenvalue weighted by molar-refractivity contribution is -0.123. The predicted octanol–water partition coefficient (Wildman–Crippen LogP) is 2.78. The SMILES string of the molecule is CCN(CC)S(=O)(=O)c1ccc2c(c1)N(CC(=O)NCc1ccc(C)cc1)C(=O)CS2. The average Bonchev–Trinajstić information content (AvgIpc) is 2.75. The summed E-state index contributed by atoms with van der Waals surface area (Å²) in [7, 11) is -3.67. The second kappa shape index (κ2) is 9.84. The summed E-state index contributed by atoms with van der Waals surface area (Å²) in [4.78, 5) is 27.4. The van der Waals surface area contributed by atoms with Crippen LogP contribution in [0.1, 0.15) is 25.0 Å². The number of rotatable bonds is 8. The molecule has 0 unspecified atom stereocenters. The van der Waals surface area contributed by atoms with Gasteiger partial charge in [0.05, 0.1) is 16.3 Å². The molecule has 7 nitrogen and oxygen atoms in total. The standard InChI is InChI=1S/C22H27N3O4S2/c1-4-24(5-2)31(28,29)18-10-11-20-19(12-18)25(22(27)15-30-20)14-21(26)23-13-17-8-6-16(3)7-9-17/h6-12H,4-5,13-15H2,1-3H3,(H,23,26). The normalized spacial score (nSPS) is 13.9. The highest BCUT2D eigenvalue weighted by molar-refractivity contribution is 8.00. The molecule has 0 radical (unpaired) electrons. The summed E-state index contributed by atoms with van der Waals surface area (Å²) >= 11 is 1.35. The van der Waals surface area contributed by atoms with Crippen molar-refractivity contribution in [1.29, 1.82) is 0 Å². The van der Waals surface area contributed by atoms with E-state index in [4.69, 9.17) is 0 Å². The molecule has 1 aliphatic heterocycles. The summed E-state index contributed by atoms with van der Waals surface area (Å²) in [5.41, 5.74) is 2.56. The fourth-order valence-electron chi connectivity index (χ4n) is 3.33. The minimum absolute atomic E-state index is 0.121. The Balaban J connectivity index is 1.80. The highest BCUT2D eigenvalue weighted by Gasteiger charge is 2.29. The number of nitrogens with zero attached hydrogens (tertiary/aromatic N) is 2. The summed E-state index contributed by atoms with van der Waals surface area (Å²) < 4.78 is 27.2. The first kappa shape index (κ1) is 23.3. The van der Waals surface area contributed by atoms with Crippen LogP contribution in [0.4, 0.5) is 5.69 Å². The highest BCUT2D eigenvalue weighted by Crippen LogP contribution is 2.37. The molecule has 1 heterocycles. The predicted molar refractivity (Wildman–Crippen MR) is 123 cm³/mol. The third kappa shape index (κ3) is 5.28. The third-order valence-electron chi connectivity index (χ3n) is 5.13. The van der Waals surface area contributed by atoms with Gasteiger partial charge < -0.3 is 10.2 Å². The van der Waals surface area contributed by atoms with E-state index in [1.807, 2.05) is 31.2 Å². The number of sulfonamides is 1. The van der Waals surface area contributed by atoms with Gasteiger partial charge >= 0.3 is 0 Å². The van der Waals surface area contributed by atoms with Crippen LogP contribution in [0.3, 0.4) is 0 Å². The van der Waals surface area contributed by atoms with Crippen LogP contribution in [0, 0.1) is 6.92 Å². The van der Waals surface area contributed by atoms with E-state index < -0.39 is 10.0 Å². The van der Waals surface area contributed by atoms with E-state index in [9.17, 15) is 18.0 Å². The zero-order chi connectivity index (χ0) is 22.6. The molecule has 31 heavy (non-hydrogen) atoms. The fraction of sp³-hybridized carbons (Fsp3) is 0.364. The molecule has 166 valence electrons. The first-order chi connectivity index (χ1) is 14.8. The maximum atomic E-state index is 12.9. The van der Waals surface area contributed by atoms with Crippen LogP contribution >= 0.6 is 11.8 Å². The van der Waals surface area contributed by atoms with Gasteiger partial charge in [-0.05, 0) is 30.7 Å². The van der Waals surface area contributed by atoms with Gasteiger partial charge in [0.15, 0.2) is 0 Å². The number of thioether (sulfide) groups is 1. The van der Waals surface area contributed by atoms with Crippen molar-refractivity contribution < 1.29 is 18.0 Å². The molecule has 0 aromatic heterocycles. The molecule has 0 saturated heterocycles. The lowest BCUT2D eigenvalue weighted by Gasteiger charge is -2.29. The minimum atomic E-state index is -3.67. The molecule has 0 aliphatic carbocycles. The number of aryl methyl sites for hydroxylation is 1. The van der Waals surface area contributed by atoms with Gasteiger partial charge in [-0.2, -0.15) is 4.31 Å². The van der Waals surface area contributed by atoms with E-state index >= 15 is 0 Å².